The number of nitrogens with one attached hydrogen (secondary N) is 2. The highest BCUT2D eigenvalue weighted by Crippen LogP contribution is 2.44. The van der Waals surface area contributed by atoms with Crippen LogP contribution in [0.5, 0.6) is 0 Å². The molecule has 0 aromatic carbocycles. The fourth-order valence-electron chi connectivity index (χ4n) is 2.90. The number of rotatable bonds is 1. The zero-order chi connectivity index (χ0) is 20.0. The minimum Gasteiger partial charge on any atom is -0.444 e. The van der Waals surface area contributed by atoms with Gasteiger partial charge in [-0.2, -0.15) is 0 Å². The van der Waals surface area contributed by atoms with Gasteiger partial charge in [-0.3, -0.25) is 9.79 Å². The summed E-state index contributed by atoms with van der Waals surface area (Å²) in [6.07, 6.45) is 9.27. The molecule has 6 nitrogen and oxygen atoms in total. The van der Waals surface area contributed by atoms with Crippen LogP contribution < -0.4 is 10.6 Å². The summed E-state index contributed by atoms with van der Waals surface area (Å²) in [5.41, 5.74) is 1.14. The maximum absolute atomic E-state index is 12.1. The molecule has 3 atom stereocenters. The molecule has 1 aliphatic carbocycles. The number of amides is 2. The number of carbonyl (C=O) groups excluding carboxylic acids is 2. The Labute approximate surface area is 161 Å². The zero-order valence-corrected chi connectivity index (χ0v) is 16.7. The van der Waals surface area contributed by atoms with E-state index in [-0.39, 0.29) is 23.8 Å². The normalized spacial score (nSPS) is 31.1. The van der Waals surface area contributed by atoms with Crippen LogP contribution in [0.1, 0.15) is 47.0 Å². The molecule has 0 aromatic rings. The molecule has 27 heavy (non-hydrogen) atoms. The number of alkyl carbamates (subject to hydrolysis) is 1. The van der Waals surface area contributed by atoms with Gasteiger partial charge in [-0.15, -0.1) is 0 Å². The van der Waals surface area contributed by atoms with E-state index >= 15 is 0 Å². The van der Waals surface area contributed by atoms with Crippen molar-refractivity contribution in [1.82, 2.24) is 10.6 Å². The third kappa shape index (κ3) is 7.04. The van der Waals surface area contributed by atoms with E-state index in [0.29, 0.717) is 13.0 Å². The van der Waals surface area contributed by atoms with Crippen LogP contribution in [-0.4, -0.2) is 35.9 Å². The summed E-state index contributed by atoms with van der Waals surface area (Å²) in [5.74, 6) is 0.331. The van der Waals surface area contributed by atoms with Gasteiger partial charge in [-0.25, -0.2) is 4.79 Å². The number of aliphatic imine (C=N–C) groups is 1. The van der Waals surface area contributed by atoms with E-state index in [9.17, 15) is 9.59 Å². The van der Waals surface area contributed by atoms with Crippen molar-refractivity contribution in [2.45, 2.75) is 58.6 Å². The fraction of sp³-hybridized carbons (Fsp3) is 0.571. The van der Waals surface area contributed by atoms with Gasteiger partial charge >= 0.3 is 6.09 Å². The number of carbonyl (C=O) groups is 2. The molecular formula is C21H31N3O3. The molecule has 1 aliphatic heterocycles. The molecule has 6 heteroatoms. The van der Waals surface area contributed by atoms with E-state index in [0.717, 1.165) is 24.1 Å². The first kappa shape index (κ1) is 20.9. The molecule has 2 rings (SSSR count). The largest absolute Gasteiger partial charge is 0.444 e. The molecule has 2 amide bonds. The maximum atomic E-state index is 12.1. The predicted molar refractivity (Wildman–Crippen MR) is 108 cm³/mol. The summed E-state index contributed by atoms with van der Waals surface area (Å²) in [5, 5.41) is 5.85. The minimum atomic E-state index is -0.554. The zero-order valence-electron chi connectivity index (χ0n) is 16.7. The van der Waals surface area contributed by atoms with Crippen LogP contribution in [0.15, 0.2) is 41.6 Å². The molecule has 2 N–H and O–H groups in total. The highest BCUT2D eigenvalue weighted by molar-refractivity contribution is 5.90. The molecule has 0 bridgehead atoms. The van der Waals surface area contributed by atoms with Gasteiger partial charge in [0, 0.05) is 24.4 Å². The number of allylic oxidation sites excluding steroid dienone is 2. The summed E-state index contributed by atoms with van der Waals surface area (Å²) in [6.45, 7) is 12.0. The molecule has 148 valence electrons. The molecule has 0 spiro atoms. The van der Waals surface area contributed by atoms with Crippen molar-refractivity contribution in [3.05, 3.63) is 36.6 Å². The van der Waals surface area contributed by atoms with Crippen LogP contribution in [-0.2, 0) is 9.53 Å². The van der Waals surface area contributed by atoms with Gasteiger partial charge in [0.1, 0.15) is 5.60 Å². The Balaban J connectivity index is 2.10. The Morgan fingerprint density at radius 3 is 2.78 bits per heavy atom. The molecule has 1 saturated carbocycles. The molecule has 1 unspecified atom stereocenters. The summed E-state index contributed by atoms with van der Waals surface area (Å²) in [4.78, 5) is 28.7. The van der Waals surface area contributed by atoms with E-state index < -0.39 is 11.7 Å². The maximum Gasteiger partial charge on any atom is 0.408 e. The third-order valence-electron chi connectivity index (χ3n) is 4.51. The predicted octanol–water partition coefficient (Wildman–Crippen LogP) is 3.51. The number of hydrogen-bond acceptors (Lipinski definition) is 4. The molecule has 1 heterocycles. The number of fused-ring (bicyclic) bond motifs is 1. The van der Waals surface area contributed by atoms with Crippen molar-refractivity contribution in [3.63, 3.8) is 0 Å². The van der Waals surface area contributed by atoms with Crippen LogP contribution in [0.3, 0.4) is 0 Å². The van der Waals surface area contributed by atoms with Gasteiger partial charge in [-0.05, 0) is 64.5 Å². The lowest BCUT2D eigenvalue weighted by Gasteiger charge is -2.23. The first-order chi connectivity index (χ1) is 12.7. The molecule has 2 aliphatic rings. The Morgan fingerprint density at radius 2 is 2.07 bits per heavy atom. The lowest BCUT2D eigenvalue weighted by molar-refractivity contribution is -0.122. The molecule has 0 aromatic heterocycles. The second kappa shape index (κ2) is 9.02. The standard InChI is InChI=1S/C21H31N3O3/c1-14-10-12-22-15(2)18(24-20(26)27-21(3,4)5)9-7-6-8-11-23-19(25)17-13-16(14)17/h6-7,10,12,16-18H,1,8-9,11,13H2,2-5H3,(H,23,25)(H,24,26)/b7-6+,12-10-,22-15+/t16-,17?,18-/m0/s1. The summed E-state index contributed by atoms with van der Waals surface area (Å²) in [6, 6.07) is -0.262. The number of nitrogens with zero attached hydrogens (tertiary/aromatic N) is 1. The molecular weight excluding hydrogens is 342 g/mol. The van der Waals surface area contributed by atoms with Gasteiger partial charge in [0.25, 0.3) is 0 Å². The Hall–Kier alpha value is -2.37. The van der Waals surface area contributed by atoms with Gasteiger partial charge in [0.15, 0.2) is 0 Å². The topological polar surface area (TPSA) is 79.8 Å². The van der Waals surface area contributed by atoms with Gasteiger partial charge in [0.05, 0.1) is 6.04 Å². The number of ether oxygens (including phenoxy) is 1. The van der Waals surface area contributed by atoms with Crippen molar-refractivity contribution < 1.29 is 14.3 Å². The Morgan fingerprint density at radius 1 is 1.33 bits per heavy atom. The van der Waals surface area contributed by atoms with Crippen LogP contribution in [0.25, 0.3) is 0 Å². The van der Waals surface area contributed by atoms with E-state index in [1.165, 1.54) is 0 Å². The lowest BCUT2D eigenvalue weighted by atomic mass is 10.1. The van der Waals surface area contributed by atoms with E-state index in [1.54, 1.807) is 6.20 Å². The van der Waals surface area contributed by atoms with Crippen LogP contribution in [0.2, 0.25) is 0 Å². The minimum absolute atomic E-state index is 0.0305. The van der Waals surface area contributed by atoms with Gasteiger partial charge in [0.2, 0.25) is 5.91 Å². The first-order valence-corrected chi connectivity index (χ1v) is 9.49. The van der Waals surface area contributed by atoms with Gasteiger partial charge in [-0.1, -0.05) is 18.7 Å². The third-order valence-corrected chi connectivity index (χ3v) is 4.51. The molecule has 0 saturated heterocycles. The van der Waals surface area contributed by atoms with Crippen LogP contribution >= 0.6 is 0 Å². The van der Waals surface area contributed by atoms with E-state index in [2.05, 4.69) is 22.2 Å². The summed E-state index contributed by atoms with van der Waals surface area (Å²) < 4.78 is 5.35. The second-order valence-electron chi connectivity index (χ2n) is 8.10. The lowest BCUT2D eigenvalue weighted by Crippen LogP contribution is -2.42. The van der Waals surface area contributed by atoms with E-state index in [4.69, 9.17) is 4.74 Å². The Kier molecular flexibility index (Phi) is 6.99. The Bertz CT molecular complexity index is 671. The molecule has 0 radical (unpaired) electrons. The van der Waals surface area contributed by atoms with Gasteiger partial charge < -0.3 is 15.4 Å². The van der Waals surface area contributed by atoms with Crippen molar-refractivity contribution in [1.29, 1.82) is 0 Å². The van der Waals surface area contributed by atoms with Crippen molar-refractivity contribution in [2.24, 2.45) is 16.8 Å². The monoisotopic (exact) mass is 373 g/mol. The van der Waals surface area contributed by atoms with Crippen LogP contribution in [0, 0.1) is 11.8 Å². The van der Waals surface area contributed by atoms with Crippen molar-refractivity contribution in [3.8, 4) is 0 Å². The summed E-state index contributed by atoms with van der Waals surface area (Å²) >= 11 is 0. The van der Waals surface area contributed by atoms with E-state index in [1.807, 2.05) is 45.9 Å². The first-order valence-electron chi connectivity index (χ1n) is 9.49. The average molecular weight is 373 g/mol. The van der Waals surface area contributed by atoms with Crippen LogP contribution in [0.4, 0.5) is 4.79 Å². The highest BCUT2D eigenvalue weighted by atomic mass is 16.6. The highest BCUT2D eigenvalue weighted by Gasteiger charge is 2.43. The second-order valence-corrected chi connectivity index (χ2v) is 8.10. The number of hydrogen-bond donors (Lipinski definition) is 2. The fourth-order valence-corrected chi connectivity index (χ4v) is 2.90. The average Bonchev–Trinajstić information content (AvgIpc) is 3.34. The van der Waals surface area contributed by atoms with Crippen molar-refractivity contribution >= 4 is 17.7 Å². The quantitative estimate of drug-likeness (QED) is 0.690. The molecule has 1 fully saturated rings. The van der Waals surface area contributed by atoms with Crippen molar-refractivity contribution in [2.75, 3.05) is 6.54 Å². The SMILES string of the molecule is C=C1/C=C\N=C(/C)[C@@H](NC(=O)OC(C)(C)C)C/C=C/CCNC(=O)C2C[C@@H]12. The summed E-state index contributed by atoms with van der Waals surface area (Å²) in [7, 11) is 0. The smallest absolute Gasteiger partial charge is 0.408 e.